The number of nitrogens with zero attached hydrogens (tertiary/aromatic N) is 4. The zero-order valence-corrected chi connectivity index (χ0v) is 13.8. The third kappa shape index (κ3) is 3.22. The SMILES string of the molecule is OC[C@@H]1CN(c2cnc3ccccc3n2)C[C@@H]1CN1CCOCC1. The number of rotatable bonds is 4. The molecule has 1 aromatic carbocycles. The van der Waals surface area contributed by atoms with Crippen molar-refractivity contribution in [3.63, 3.8) is 0 Å². The number of aliphatic hydroxyl groups is 1. The van der Waals surface area contributed by atoms with E-state index in [1.807, 2.05) is 30.5 Å². The summed E-state index contributed by atoms with van der Waals surface area (Å²) < 4.78 is 5.43. The normalized spacial score (nSPS) is 25.5. The fraction of sp³-hybridized carbons (Fsp3) is 0.556. The van der Waals surface area contributed by atoms with Crippen LogP contribution in [-0.4, -0.2) is 72.5 Å². The van der Waals surface area contributed by atoms with Gasteiger partial charge in [-0.1, -0.05) is 12.1 Å². The molecule has 0 saturated carbocycles. The first-order chi connectivity index (χ1) is 11.8. The molecule has 0 unspecified atom stereocenters. The predicted molar refractivity (Wildman–Crippen MR) is 93.1 cm³/mol. The highest BCUT2D eigenvalue weighted by molar-refractivity contribution is 5.75. The second-order valence-electron chi connectivity index (χ2n) is 6.74. The number of para-hydroxylation sites is 2. The molecule has 0 radical (unpaired) electrons. The van der Waals surface area contributed by atoms with Crippen molar-refractivity contribution in [2.45, 2.75) is 0 Å². The van der Waals surface area contributed by atoms with Gasteiger partial charge in [-0.15, -0.1) is 0 Å². The minimum Gasteiger partial charge on any atom is -0.396 e. The average molecular weight is 328 g/mol. The van der Waals surface area contributed by atoms with E-state index in [1.54, 1.807) is 0 Å². The van der Waals surface area contributed by atoms with Gasteiger partial charge < -0.3 is 14.7 Å². The Balaban J connectivity index is 1.49. The van der Waals surface area contributed by atoms with E-state index >= 15 is 0 Å². The van der Waals surface area contributed by atoms with E-state index in [2.05, 4.69) is 14.8 Å². The molecule has 2 fully saturated rings. The standard InChI is InChI=1S/C18H24N4O2/c23-13-15-12-22(11-14(15)10-21-5-7-24-8-6-21)18-9-19-16-3-1-2-4-17(16)20-18/h1-4,9,14-15,23H,5-8,10-13H2/t14-,15-/m0/s1. The summed E-state index contributed by atoms with van der Waals surface area (Å²) in [5, 5.41) is 9.80. The van der Waals surface area contributed by atoms with Crippen molar-refractivity contribution in [3.05, 3.63) is 30.5 Å². The van der Waals surface area contributed by atoms with Gasteiger partial charge in [-0.2, -0.15) is 0 Å². The van der Waals surface area contributed by atoms with Crippen LogP contribution in [0.25, 0.3) is 11.0 Å². The van der Waals surface area contributed by atoms with Crippen molar-refractivity contribution in [1.82, 2.24) is 14.9 Å². The van der Waals surface area contributed by atoms with Crippen LogP contribution < -0.4 is 4.90 Å². The molecular formula is C18H24N4O2. The summed E-state index contributed by atoms with van der Waals surface area (Å²) in [5.41, 5.74) is 1.84. The molecule has 1 aromatic heterocycles. The van der Waals surface area contributed by atoms with Crippen molar-refractivity contribution >= 4 is 16.9 Å². The van der Waals surface area contributed by atoms with Crippen molar-refractivity contribution in [3.8, 4) is 0 Å². The molecule has 128 valence electrons. The van der Waals surface area contributed by atoms with Gasteiger partial charge in [0.2, 0.25) is 0 Å². The minimum atomic E-state index is 0.229. The highest BCUT2D eigenvalue weighted by Gasteiger charge is 2.34. The number of aromatic nitrogens is 2. The van der Waals surface area contributed by atoms with Crippen LogP contribution in [0.15, 0.2) is 30.5 Å². The molecule has 6 nitrogen and oxygen atoms in total. The molecule has 2 aliphatic rings. The van der Waals surface area contributed by atoms with Crippen molar-refractivity contribution in [2.24, 2.45) is 11.8 Å². The topological polar surface area (TPSA) is 61.7 Å². The van der Waals surface area contributed by atoms with Gasteiger partial charge in [0, 0.05) is 45.2 Å². The second kappa shape index (κ2) is 7.01. The van der Waals surface area contributed by atoms with Crippen LogP contribution in [0.5, 0.6) is 0 Å². The molecule has 1 N–H and O–H groups in total. The fourth-order valence-electron chi connectivity index (χ4n) is 3.75. The number of benzene rings is 1. The largest absolute Gasteiger partial charge is 0.396 e. The minimum absolute atomic E-state index is 0.229. The highest BCUT2D eigenvalue weighted by Crippen LogP contribution is 2.28. The van der Waals surface area contributed by atoms with Gasteiger partial charge in [0.25, 0.3) is 0 Å². The first kappa shape index (κ1) is 15.7. The summed E-state index contributed by atoms with van der Waals surface area (Å²) in [6, 6.07) is 7.94. The lowest BCUT2D eigenvalue weighted by Gasteiger charge is -2.30. The number of anilines is 1. The molecule has 2 atom stereocenters. The number of hydrogen-bond donors (Lipinski definition) is 1. The van der Waals surface area contributed by atoms with Gasteiger partial charge in [0.1, 0.15) is 5.82 Å². The van der Waals surface area contributed by atoms with E-state index < -0.39 is 0 Å². The smallest absolute Gasteiger partial charge is 0.147 e. The molecule has 24 heavy (non-hydrogen) atoms. The van der Waals surface area contributed by atoms with E-state index in [0.717, 1.165) is 62.8 Å². The Bertz CT molecular complexity index is 690. The van der Waals surface area contributed by atoms with Crippen molar-refractivity contribution in [1.29, 1.82) is 0 Å². The number of aliphatic hydroxyl groups excluding tert-OH is 1. The Labute approximate surface area is 142 Å². The van der Waals surface area contributed by atoms with Gasteiger partial charge in [-0.05, 0) is 18.1 Å². The Hall–Kier alpha value is -1.76. The van der Waals surface area contributed by atoms with Gasteiger partial charge in [-0.3, -0.25) is 9.88 Å². The lowest BCUT2D eigenvalue weighted by Crippen LogP contribution is -2.41. The van der Waals surface area contributed by atoms with E-state index in [1.165, 1.54) is 0 Å². The molecule has 0 aliphatic carbocycles. The molecule has 2 aromatic rings. The third-order valence-corrected chi connectivity index (χ3v) is 5.17. The Kier molecular flexibility index (Phi) is 4.60. The number of hydrogen-bond acceptors (Lipinski definition) is 6. The molecule has 6 heteroatoms. The van der Waals surface area contributed by atoms with Crippen LogP contribution in [0, 0.1) is 11.8 Å². The van der Waals surface area contributed by atoms with Gasteiger partial charge >= 0.3 is 0 Å². The van der Waals surface area contributed by atoms with Crippen LogP contribution in [0.3, 0.4) is 0 Å². The third-order valence-electron chi connectivity index (χ3n) is 5.17. The molecule has 3 heterocycles. The molecule has 0 amide bonds. The maximum atomic E-state index is 9.80. The molecule has 0 bridgehead atoms. The van der Waals surface area contributed by atoms with Gasteiger partial charge in [0.15, 0.2) is 0 Å². The van der Waals surface area contributed by atoms with Crippen LogP contribution >= 0.6 is 0 Å². The van der Waals surface area contributed by atoms with Gasteiger partial charge in [-0.25, -0.2) is 4.98 Å². The van der Waals surface area contributed by atoms with E-state index in [4.69, 9.17) is 9.72 Å². The molecule has 0 spiro atoms. The first-order valence-electron chi connectivity index (χ1n) is 8.71. The first-order valence-corrected chi connectivity index (χ1v) is 8.71. The summed E-state index contributed by atoms with van der Waals surface area (Å²) in [6.45, 7) is 6.63. The number of morpholine rings is 1. The summed E-state index contributed by atoms with van der Waals surface area (Å²) in [4.78, 5) is 14.0. The van der Waals surface area contributed by atoms with Crippen LogP contribution in [0.1, 0.15) is 0 Å². The Morgan fingerprint density at radius 3 is 2.62 bits per heavy atom. The van der Waals surface area contributed by atoms with E-state index in [0.29, 0.717) is 11.8 Å². The van der Waals surface area contributed by atoms with E-state index in [-0.39, 0.29) is 6.61 Å². The quantitative estimate of drug-likeness (QED) is 0.904. The summed E-state index contributed by atoms with van der Waals surface area (Å²) >= 11 is 0. The lowest BCUT2D eigenvalue weighted by molar-refractivity contribution is 0.0268. The van der Waals surface area contributed by atoms with Crippen molar-refractivity contribution < 1.29 is 9.84 Å². The maximum absolute atomic E-state index is 9.80. The molecular weight excluding hydrogens is 304 g/mol. The zero-order chi connectivity index (χ0) is 16.4. The van der Waals surface area contributed by atoms with Crippen molar-refractivity contribution in [2.75, 3.05) is 57.4 Å². The summed E-state index contributed by atoms with van der Waals surface area (Å²) in [7, 11) is 0. The van der Waals surface area contributed by atoms with Gasteiger partial charge in [0.05, 0.1) is 30.4 Å². The molecule has 2 aliphatic heterocycles. The second-order valence-corrected chi connectivity index (χ2v) is 6.74. The maximum Gasteiger partial charge on any atom is 0.147 e. The zero-order valence-electron chi connectivity index (χ0n) is 13.8. The average Bonchev–Trinajstić information content (AvgIpc) is 3.05. The monoisotopic (exact) mass is 328 g/mol. The fourth-order valence-corrected chi connectivity index (χ4v) is 3.75. The summed E-state index contributed by atoms with van der Waals surface area (Å²) in [6.07, 6.45) is 1.86. The van der Waals surface area contributed by atoms with Crippen LogP contribution in [0.4, 0.5) is 5.82 Å². The number of ether oxygens (including phenoxy) is 1. The molecule has 4 rings (SSSR count). The van der Waals surface area contributed by atoms with E-state index in [9.17, 15) is 5.11 Å². The summed E-state index contributed by atoms with van der Waals surface area (Å²) in [5.74, 6) is 1.67. The van der Waals surface area contributed by atoms with Crippen LogP contribution in [0.2, 0.25) is 0 Å². The predicted octanol–water partition coefficient (Wildman–Crippen LogP) is 1.01. The number of fused-ring (bicyclic) bond motifs is 1. The lowest BCUT2D eigenvalue weighted by atomic mass is 9.96. The Morgan fingerprint density at radius 2 is 1.83 bits per heavy atom. The Morgan fingerprint density at radius 1 is 1.08 bits per heavy atom. The molecule has 2 saturated heterocycles. The highest BCUT2D eigenvalue weighted by atomic mass is 16.5. The van der Waals surface area contributed by atoms with Crippen LogP contribution in [-0.2, 0) is 4.74 Å².